The van der Waals surface area contributed by atoms with Crippen molar-refractivity contribution in [3.63, 3.8) is 0 Å². The predicted molar refractivity (Wildman–Crippen MR) is 131 cm³/mol. The Hall–Kier alpha value is -2.87. The van der Waals surface area contributed by atoms with Crippen LogP contribution in [0.5, 0.6) is 0 Å². The summed E-state index contributed by atoms with van der Waals surface area (Å²) >= 11 is 12.0. The Balaban J connectivity index is 2.31. The van der Waals surface area contributed by atoms with Crippen LogP contribution in [0.15, 0.2) is 18.2 Å². The molecule has 1 aliphatic rings. The third-order valence-corrected chi connectivity index (χ3v) is 6.02. The number of hydrogen-bond donors (Lipinski definition) is 5. The maximum absolute atomic E-state index is 13.1. The fourth-order valence-corrected chi connectivity index (χ4v) is 4.10. The number of carboxylic acids is 2. The number of benzene rings is 1. The van der Waals surface area contributed by atoms with Gasteiger partial charge in [0.25, 0.3) is 11.9 Å². The monoisotopic (exact) mass is 560 g/mol. The lowest BCUT2D eigenvalue weighted by molar-refractivity contribution is -0.175. The van der Waals surface area contributed by atoms with Crippen molar-refractivity contribution in [3.8, 4) is 0 Å². The summed E-state index contributed by atoms with van der Waals surface area (Å²) in [6.07, 6.45) is -3.17. The van der Waals surface area contributed by atoms with Crippen molar-refractivity contribution in [1.29, 1.82) is 0 Å². The number of hydrogen-bond acceptors (Lipinski definition) is 8. The van der Waals surface area contributed by atoms with Gasteiger partial charge < -0.3 is 35.3 Å². The number of amides is 2. The van der Waals surface area contributed by atoms with Crippen LogP contribution in [0.4, 0.5) is 0 Å². The Morgan fingerprint density at radius 3 is 2.32 bits per heavy atom. The molecule has 4 atom stereocenters. The number of aliphatic hydroxyl groups excluding tert-OH is 1. The van der Waals surface area contributed by atoms with Gasteiger partial charge in [0.05, 0.1) is 35.5 Å². The molecule has 2 rings (SSSR count). The lowest BCUT2D eigenvalue weighted by Gasteiger charge is -2.38. The molecule has 0 bridgehead atoms. The predicted octanol–water partition coefficient (Wildman–Crippen LogP) is 1.29. The van der Waals surface area contributed by atoms with Gasteiger partial charge in [0.2, 0.25) is 5.91 Å². The van der Waals surface area contributed by atoms with E-state index in [0.717, 1.165) is 0 Å². The molecule has 15 heteroatoms. The zero-order valence-corrected chi connectivity index (χ0v) is 21.7. The van der Waals surface area contributed by atoms with Gasteiger partial charge in [-0.15, -0.1) is 0 Å². The van der Waals surface area contributed by atoms with Crippen LogP contribution in [-0.2, 0) is 28.5 Å². The lowest BCUT2D eigenvalue weighted by atomic mass is 9.70. The summed E-state index contributed by atoms with van der Waals surface area (Å²) in [6, 6.07) is 2.61. The quantitative estimate of drug-likeness (QED) is 0.246. The largest absolute Gasteiger partial charge is 0.552 e. The highest BCUT2D eigenvalue weighted by Gasteiger charge is 2.55. The van der Waals surface area contributed by atoms with Crippen LogP contribution in [0.3, 0.4) is 0 Å². The van der Waals surface area contributed by atoms with Gasteiger partial charge in [-0.3, -0.25) is 19.2 Å². The summed E-state index contributed by atoms with van der Waals surface area (Å²) in [6.45, 7) is 4.78. The van der Waals surface area contributed by atoms with Gasteiger partial charge >= 0.3 is 19.1 Å². The van der Waals surface area contributed by atoms with E-state index in [4.69, 9.17) is 32.5 Å². The molecule has 12 nitrogen and oxygen atoms in total. The molecule has 1 fully saturated rings. The first-order chi connectivity index (χ1) is 17.1. The van der Waals surface area contributed by atoms with Crippen LogP contribution in [0.1, 0.15) is 50.4 Å². The first kappa shape index (κ1) is 30.4. The first-order valence-electron chi connectivity index (χ1n) is 11.2. The molecule has 1 aromatic rings. The number of carbonyl (C=O) groups excluding carboxylic acids is 3. The number of nitrogens with one attached hydrogen (secondary N) is 2. The van der Waals surface area contributed by atoms with E-state index in [2.05, 4.69) is 10.6 Å². The molecule has 0 saturated carbocycles. The molecule has 37 heavy (non-hydrogen) atoms. The molecular formula is C22H27BCl2N2O10. The summed E-state index contributed by atoms with van der Waals surface area (Å²) in [7, 11) is -1.66. The number of halogens is 2. The van der Waals surface area contributed by atoms with Crippen molar-refractivity contribution in [2.45, 2.75) is 63.7 Å². The van der Waals surface area contributed by atoms with Crippen molar-refractivity contribution >= 4 is 60.0 Å². The average molecular weight is 561 g/mol. The van der Waals surface area contributed by atoms with Gasteiger partial charge in [-0.05, 0) is 37.5 Å². The van der Waals surface area contributed by atoms with Gasteiger partial charge in [-0.25, -0.2) is 4.79 Å². The van der Waals surface area contributed by atoms with Crippen LogP contribution in [0.25, 0.3) is 0 Å². The normalized spacial score (nSPS) is 20.0. The van der Waals surface area contributed by atoms with Crippen LogP contribution < -0.4 is 10.6 Å². The van der Waals surface area contributed by atoms with Gasteiger partial charge in [0.15, 0.2) is 5.60 Å². The first-order valence-corrected chi connectivity index (χ1v) is 12.0. The van der Waals surface area contributed by atoms with E-state index in [1.165, 1.54) is 25.1 Å². The van der Waals surface area contributed by atoms with Crippen molar-refractivity contribution in [2.24, 2.45) is 5.92 Å². The molecule has 1 aromatic carbocycles. The van der Waals surface area contributed by atoms with E-state index >= 15 is 0 Å². The highest BCUT2D eigenvalue weighted by atomic mass is 35.5. The maximum atomic E-state index is 13.1. The Morgan fingerprint density at radius 1 is 1.14 bits per heavy atom. The third kappa shape index (κ3) is 8.06. The Bertz CT molecular complexity index is 1070. The van der Waals surface area contributed by atoms with Crippen molar-refractivity contribution < 1.29 is 48.6 Å². The second kappa shape index (κ2) is 12.6. The second-order valence-corrected chi connectivity index (χ2v) is 9.93. The fraction of sp³-hybridized carbons (Fsp3) is 0.500. The number of carbonyl (C=O) groups is 5. The molecule has 2 amide bonds. The third-order valence-electron chi connectivity index (χ3n) is 5.45. The summed E-state index contributed by atoms with van der Waals surface area (Å²) in [5.74, 6) is -7.23. The van der Waals surface area contributed by atoms with Crippen molar-refractivity contribution in [3.05, 3.63) is 33.8 Å². The second-order valence-electron chi connectivity index (χ2n) is 9.08. The number of aliphatic carboxylic acids is 2. The fourth-order valence-electron chi connectivity index (χ4n) is 3.72. The average Bonchev–Trinajstić information content (AvgIpc) is 2.76. The minimum Gasteiger partial charge on any atom is -0.508 e. The number of aliphatic hydroxyl groups is 1. The molecule has 1 saturated heterocycles. The Morgan fingerprint density at radius 2 is 1.78 bits per heavy atom. The molecule has 2 unspecified atom stereocenters. The van der Waals surface area contributed by atoms with E-state index in [-0.39, 0.29) is 27.9 Å². The molecule has 202 valence electrons. The SMILES string of the molecule is CC(C)C[C@H](NC(=O)C(NC(=O)c1cc(Cl)ccc1Cl)[C@@H](C)O)B1OC(=O)CC(CC(=O)O)(C(=O)O)O1. The van der Waals surface area contributed by atoms with E-state index in [1.54, 1.807) is 13.8 Å². The van der Waals surface area contributed by atoms with Crippen molar-refractivity contribution in [2.75, 3.05) is 0 Å². The minimum absolute atomic E-state index is 0.0456. The van der Waals surface area contributed by atoms with Crippen LogP contribution in [0.2, 0.25) is 10.0 Å². The molecule has 1 aliphatic heterocycles. The molecule has 1 heterocycles. The van der Waals surface area contributed by atoms with E-state index < -0.39 is 73.4 Å². The Kier molecular flexibility index (Phi) is 10.3. The maximum Gasteiger partial charge on any atom is 0.552 e. The zero-order valence-electron chi connectivity index (χ0n) is 20.2. The standard InChI is InChI=1S/C22H27BCl2N2O10/c1-10(2)6-15(23-36-17(31)9-22(37-23,21(34)35)8-16(29)30)26-20(33)18(11(3)28)27-19(32)13-7-12(24)4-5-14(13)25/h4-5,7,10-11,15,18,28H,6,8-9H2,1-3H3,(H,26,33)(H,27,32)(H,29,30)(H,34,35)/t11-,15+,18?,22?/m1/s1. The van der Waals surface area contributed by atoms with E-state index in [0.29, 0.717) is 0 Å². The molecule has 0 aliphatic carbocycles. The summed E-state index contributed by atoms with van der Waals surface area (Å²) in [4.78, 5) is 61.3. The smallest absolute Gasteiger partial charge is 0.508 e. The topological polar surface area (TPSA) is 189 Å². The van der Waals surface area contributed by atoms with Gasteiger partial charge in [-0.1, -0.05) is 37.0 Å². The lowest BCUT2D eigenvalue weighted by Crippen LogP contribution is -2.63. The molecule has 5 N–H and O–H groups in total. The number of carboxylic acid groups (broad SMARTS) is 2. The van der Waals surface area contributed by atoms with Gasteiger partial charge in [0, 0.05) is 5.02 Å². The van der Waals surface area contributed by atoms with Gasteiger partial charge in [0.1, 0.15) is 6.04 Å². The highest BCUT2D eigenvalue weighted by Crippen LogP contribution is 2.30. The van der Waals surface area contributed by atoms with E-state index in [1.807, 2.05) is 0 Å². The van der Waals surface area contributed by atoms with Crippen LogP contribution in [0, 0.1) is 5.92 Å². The Labute approximate surface area is 222 Å². The van der Waals surface area contributed by atoms with E-state index in [9.17, 15) is 39.3 Å². The van der Waals surface area contributed by atoms with Crippen LogP contribution >= 0.6 is 23.2 Å². The molecular weight excluding hydrogens is 534 g/mol. The minimum atomic E-state index is -2.41. The zero-order chi connectivity index (χ0) is 28.1. The van der Waals surface area contributed by atoms with Gasteiger partial charge in [-0.2, -0.15) is 0 Å². The highest BCUT2D eigenvalue weighted by molar-refractivity contribution is 6.50. The summed E-state index contributed by atoms with van der Waals surface area (Å²) in [5.41, 5.74) is -2.46. The summed E-state index contributed by atoms with van der Waals surface area (Å²) < 4.78 is 10.6. The number of rotatable bonds is 11. The van der Waals surface area contributed by atoms with Crippen molar-refractivity contribution in [1.82, 2.24) is 10.6 Å². The molecule has 0 aromatic heterocycles. The summed E-state index contributed by atoms with van der Waals surface area (Å²) in [5, 5.41) is 34.2. The molecule has 0 radical (unpaired) electrons. The van der Waals surface area contributed by atoms with Crippen LogP contribution in [-0.4, -0.2) is 75.8 Å². The molecule has 0 spiro atoms.